The van der Waals surface area contributed by atoms with Gasteiger partial charge >= 0.3 is 0 Å². The van der Waals surface area contributed by atoms with Gasteiger partial charge in [0.1, 0.15) is 6.54 Å². The van der Waals surface area contributed by atoms with Gasteiger partial charge in [0.15, 0.2) is 0 Å². The van der Waals surface area contributed by atoms with Crippen molar-refractivity contribution in [3.63, 3.8) is 0 Å². The van der Waals surface area contributed by atoms with Crippen LogP contribution in [0.15, 0.2) is 4.47 Å². The number of amides is 1. The molecule has 1 amide bonds. The molecule has 0 spiro atoms. The number of carbonyl (C=O) groups is 1. The summed E-state index contributed by atoms with van der Waals surface area (Å²) in [5.41, 5.74) is 1.84. The Morgan fingerprint density at radius 2 is 2.24 bits per heavy atom. The summed E-state index contributed by atoms with van der Waals surface area (Å²) in [5.74, 6) is -0.0624. The van der Waals surface area contributed by atoms with Crippen LogP contribution in [0.2, 0.25) is 0 Å². The van der Waals surface area contributed by atoms with E-state index in [1.54, 1.807) is 11.8 Å². The normalized spacial score (nSPS) is 12.5. The molecule has 17 heavy (non-hydrogen) atoms. The highest BCUT2D eigenvalue weighted by atomic mass is 79.9. The standard InChI is InChI=1S/C11H18BrN3O2/c1-7(6-17-4)13-10(16)5-15-9(3)11(12)8(2)14-15/h7H,5-6H2,1-4H3,(H,13,16). The molecule has 96 valence electrons. The lowest BCUT2D eigenvalue weighted by atomic mass is 10.3. The monoisotopic (exact) mass is 303 g/mol. The van der Waals surface area contributed by atoms with E-state index in [0.717, 1.165) is 15.9 Å². The molecule has 0 aliphatic heterocycles. The summed E-state index contributed by atoms with van der Waals surface area (Å²) in [7, 11) is 1.61. The van der Waals surface area contributed by atoms with E-state index in [1.807, 2.05) is 20.8 Å². The third-order valence-electron chi connectivity index (χ3n) is 2.41. The van der Waals surface area contributed by atoms with Gasteiger partial charge in [-0.05, 0) is 36.7 Å². The molecule has 0 saturated heterocycles. The van der Waals surface area contributed by atoms with Gasteiger partial charge in [0.2, 0.25) is 5.91 Å². The summed E-state index contributed by atoms with van der Waals surface area (Å²) in [6.07, 6.45) is 0. The maximum atomic E-state index is 11.7. The molecule has 0 bridgehead atoms. The van der Waals surface area contributed by atoms with E-state index in [2.05, 4.69) is 26.3 Å². The number of rotatable bonds is 5. The van der Waals surface area contributed by atoms with Crippen LogP contribution < -0.4 is 5.32 Å². The van der Waals surface area contributed by atoms with E-state index in [9.17, 15) is 4.79 Å². The maximum Gasteiger partial charge on any atom is 0.242 e. The second-order valence-electron chi connectivity index (χ2n) is 4.07. The molecule has 1 aromatic heterocycles. The van der Waals surface area contributed by atoms with Gasteiger partial charge in [-0.1, -0.05) is 0 Å². The summed E-state index contributed by atoms with van der Waals surface area (Å²) in [5, 5.41) is 7.13. The first-order chi connectivity index (χ1) is 7.95. The van der Waals surface area contributed by atoms with Crippen molar-refractivity contribution in [3.8, 4) is 0 Å². The summed E-state index contributed by atoms with van der Waals surface area (Å²) >= 11 is 3.43. The number of ether oxygens (including phenoxy) is 1. The second kappa shape index (κ2) is 6.16. The number of carbonyl (C=O) groups excluding carboxylic acids is 1. The topological polar surface area (TPSA) is 56.1 Å². The third kappa shape index (κ3) is 3.81. The van der Waals surface area contributed by atoms with E-state index in [-0.39, 0.29) is 18.5 Å². The number of hydrogen-bond acceptors (Lipinski definition) is 3. The molecule has 6 heteroatoms. The highest BCUT2D eigenvalue weighted by Crippen LogP contribution is 2.19. The Balaban J connectivity index is 2.59. The van der Waals surface area contributed by atoms with Gasteiger partial charge in [-0.15, -0.1) is 0 Å². The van der Waals surface area contributed by atoms with Gasteiger partial charge in [0, 0.05) is 13.2 Å². The van der Waals surface area contributed by atoms with E-state index >= 15 is 0 Å². The Labute approximate surface area is 110 Å². The summed E-state index contributed by atoms with van der Waals surface area (Å²) in [6, 6.07) is 0.00732. The third-order valence-corrected chi connectivity index (χ3v) is 3.56. The molecule has 5 nitrogen and oxygen atoms in total. The largest absolute Gasteiger partial charge is 0.383 e. The van der Waals surface area contributed by atoms with Gasteiger partial charge in [-0.25, -0.2) is 0 Å². The van der Waals surface area contributed by atoms with Crippen molar-refractivity contribution < 1.29 is 9.53 Å². The number of hydrogen-bond donors (Lipinski definition) is 1. The van der Waals surface area contributed by atoms with Crippen LogP contribution >= 0.6 is 15.9 Å². The van der Waals surface area contributed by atoms with Gasteiger partial charge < -0.3 is 10.1 Å². The Hall–Kier alpha value is -0.880. The van der Waals surface area contributed by atoms with Crippen molar-refractivity contribution in [1.29, 1.82) is 0 Å². The minimum atomic E-state index is -0.0624. The number of methoxy groups -OCH3 is 1. The highest BCUT2D eigenvalue weighted by Gasteiger charge is 2.13. The van der Waals surface area contributed by atoms with Gasteiger partial charge in [0.05, 0.1) is 22.5 Å². The molecule has 1 heterocycles. The number of nitrogens with zero attached hydrogens (tertiary/aromatic N) is 2. The molecule has 0 aliphatic rings. The van der Waals surface area contributed by atoms with Crippen LogP contribution in [0.1, 0.15) is 18.3 Å². The maximum absolute atomic E-state index is 11.7. The Bertz CT molecular complexity index is 404. The van der Waals surface area contributed by atoms with Crippen molar-refractivity contribution >= 4 is 21.8 Å². The molecule has 0 saturated carbocycles. The van der Waals surface area contributed by atoms with Crippen molar-refractivity contribution in [2.24, 2.45) is 0 Å². The minimum Gasteiger partial charge on any atom is -0.383 e. The molecule has 0 radical (unpaired) electrons. The quantitative estimate of drug-likeness (QED) is 0.895. The van der Waals surface area contributed by atoms with Crippen LogP contribution in [0.4, 0.5) is 0 Å². The lowest BCUT2D eigenvalue weighted by Crippen LogP contribution is -2.38. The molecular formula is C11H18BrN3O2. The fourth-order valence-electron chi connectivity index (χ4n) is 1.58. The second-order valence-corrected chi connectivity index (χ2v) is 4.86. The zero-order valence-corrected chi connectivity index (χ0v) is 12.2. The lowest BCUT2D eigenvalue weighted by molar-refractivity contribution is -0.122. The molecule has 1 unspecified atom stereocenters. The van der Waals surface area contributed by atoms with E-state index in [1.165, 1.54) is 0 Å². The fourth-order valence-corrected chi connectivity index (χ4v) is 1.86. The van der Waals surface area contributed by atoms with Crippen LogP contribution in [0.5, 0.6) is 0 Å². The van der Waals surface area contributed by atoms with Crippen LogP contribution in [0, 0.1) is 13.8 Å². The van der Waals surface area contributed by atoms with Crippen LogP contribution in [-0.4, -0.2) is 35.4 Å². The zero-order chi connectivity index (χ0) is 13.0. The lowest BCUT2D eigenvalue weighted by Gasteiger charge is -2.13. The van der Waals surface area contributed by atoms with Gasteiger partial charge in [-0.3, -0.25) is 9.48 Å². The molecule has 1 aromatic rings. The van der Waals surface area contributed by atoms with E-state index < -0.39 is 0 Å². The summed E-state index contributed by atoms with van der Waals surface area (Å²) in [6.45, 7) is 6.46. The molecule has 0 aliphatic carbocycles. The number of aryl methyl sites for hydroxylation is 1. The predicted molar refractivity (Wildman–Crippen MR) is 68.9 cm³/mol. The van der Waals surface area contributed by atoms with Crippen LogP contribution in [-0.2, 0) is 16.1 Å². The average Bonchev–Trinajstić information content (AvgIpc) is 2.46. The van der Waals surface area contributed by atoms with Crippen LogP contribution in [0.3, 0.4) is 0 Å². The summed E-state index contributed by atoms with van der Waals surface area (Å²) < 4.78 is 7.60. The molecular weight excluding hydrogens is 286 g/mol. The predicted octanol–water partition coefficient (Wildman–Crippen LogP) is 1.41. The number of halogens is 1. The van der Waals surface area contributed by atoms with Crippen LogP contribution in [0.25, 0.3) is 0 Å². The molecule has 1 atom stereocenters. The first-order valence-electron chi connectivity index (χ1n) is 5.43. The van der Waals surface area contributed by atoms with Gasteiger partial charge in [-0.2, -0.15) is 5.10 Å². The van der Waals surface area contributed by atoms with Crippen molar-refractivity contribution in [2.75, 3.05) is 13.7 Å². The van der Waals surface area contributed by atoms with Gasteiger partial charge in [0.25, 0.3) is 0 Å². The Morgan fingerprint density at radius 3 is 2.71 bits per heavy atom. The average molecular weight is 304 g/mol. The number of aromatic nitrogens is 2. The molecule has 1 rings (SSSR count). The van der Waals surface area contributed by atoms with Crippen molar-refractivity contribution in [1.82, 2.24) is 15.1 Å². The summed E-state index contributed by atoms with van der Waals surface area (Å²) in [4.78, 5) is 11.7. The number of nitrogens with one attached hydrogen (secondary N) is 1. The first-order valence-corrected chi connectivity index (χ1v) is 6.22. The van der Waals surface area contributed by atoms with E-state index in [0.29, 0.717) is 6.61 Å². The Kier molecular flexibility index (Phi) is 5.14. The zero-order valence-electron chi connectivity index (χ0n) is 10.6. The van der Waals surface area contributed by atoms with Crippen molar-refractivity contribution in [3.05, 3.63) is 15.9 Å². The molecule has 0 fully saturated rings. The minimum absolute atomic E-state index is 0.00732. The molecule has 0 aromatic carbocycles. The fraction of sp³-hybridized carbons (Fsp3) is 0.636. The van der Waals surface area contributed by atoms with Crippen molar-refractivity contribution in [2.45, 2.75) is 33.4 Å². The molecule has 1 N–H and O–H groups in total. The SMILES string of the molecule is COCC(C)NC(=O)Cn1nc(C)c(Br)c1C. The smallest absolute Gasteiger partial charge is 0.242 e. The Morgan fingerprint density at radius 1 is 1.59 bits per heavy atom. The van der Waals surface area contributed by atoms with E-state index in [4.69, 9.17) is 4.74 Å². The first kappa shape index (κ1) is 14.2. The highest BCUT2D eigenvalue weighted by molar-refractivity contribution is 9.10.